The molecule has 1 aromatic carbocycles. The van der Waals surface area contributed by atoms with Gasteiger partial charge >= 0.3 is 0 Å². The van der Waals surface area contributed by atoms with Gasteiger partial charge in [0.2, 0.25) is 5.91 Å². The average Bonchev–Trinajstić information content (AvgIpc) is 3.41. The number of para-hydroxylation sites is 1. The average molecular weight is 438 g/mol. The van der Waals surface area contributed by atoms with Crippen LogP contribution in [0.25, 0.3) is 10.9 Å². The van der Waals surface area contributed by atoms with Gasteiger partial charge in [0.05, 0.1) is 6.04 Å². The van der Waals surface area contributed by atoms with Gasteiger partial charge in [-0.25, -0.2) is 0 Å². The zero-order valence-corrected chi connectivity index (χ0v) is 18.2. The molecule has 0 spiro atoms. The van der Waals surface area contributed by atoms with Crippen LogP contribution in [-0.2, 0) is 11.2 Å². The van der Waals surface area contributed by atoms with E-state index in [2.05, 4.69) is 21.5 Å². The molecule has 2 atom stereocenters. The van der Waals surface area contributed by atoms with Crippen LogP contribution in [0.4, 0.5) is 0 Å². The van der Waals surface area contributed by atoms with E-state index in [0.717, 1.165) is 47.9 Å². The van der Waals surface area contributed by atoms with E-state index in [4.69, 9.17) is 10.3 Å². The molecule has 0 bridgehead atoms. The molecule has 1 aliphatic heterocycles. The molecular formula is C24H31N5O3. The number of aromatic nitrogens is 2. The fourth-order valence-corrected chi connectivity index (χ4v) is 4.59. The lowest BCUT2D eigenvalue weighted by atomic mass is 9.95. The summed E-state index contributed by atoms with van der Waals surface area (Å²) in [6.07, 6.45) is 5.70. The van der Waals surface area contributed by atoms with Crippen molar-refractivity contribution in [3.05, 3.63) is 53.5 Å². The predicted molar refractivity (Wildman–Crippen MR) is 121 cm³/mol. The maximum atomic E-state index is 12.9. The Labute approximate surface area is 187 Å². The van der Waals surface area contributed by atoms with E-state index in [1.165, 1.54) is 0 Å². The molecule has 8 heteroatoms. The summed E-state index contributed by atoms with van der Waals surface area (Å²) < 4.78 is 5.32. The number of aliphatic hydroxyl groups excluding tert-OH is 1. The third kappa shape index (κ3) is 4.57. The Morgan fingerprint density at radius 1 is 1.28 bits per heavy atom. The first-order valence-electron chi connectivity index (χ1n) is 11.6. The lowest BCUT2D eigenvalue weighted by molar-refractivity contribution is -0.134. The van der Waals surface area contributed by atoms with Gasteiger partial charge in [0.1, 0.15) is 11.5 Å². The Balaban J connectivity index is 1.08. The number of carbonyl (C=O) groups is 1. The lowest BCUT2D eigenvalue weighted by Gasteiger charge is -2.34. The number of aliphatic hydroxyl groups is 1. The summed E-state index contributed by atoms with van der Waals surface area (Å²) in [7, 11) is 0. The number of aromatic amines is 1. The first-order valence-corrected chi connectivity index (χ1v) is 11.6. The number of hydrogen-bond acceptors (Lipinski definition) is 6. The van der Waals surface area contributed by atoms with Crippen molar-refractivity contribution >= 4 is 16.8 Å². The Kier molecular flexibility index (Phi) is 5.99. The van der Waals surface area contributed by atoms with Gasteiger partial charge in [-0.1, -0.05) is 23.4 Å². The van der Waals surface area contributed by atoms with Crippen molar-refractivity contribution in [1.82, 2.24) is 20.4 Å². The van der Waals surface area contributed by atoms with Gasteiger partial charge in [-0.15, -0.1) is 0 Å². The minimum atomic E-state index is -0.824. The van der Waals surface area contributed by atoms with Crippen molar-refractivity contribution in [2.24, 2.45) is 11.7 Å². The summed E-state index contributed by atoms with van der Waals surface area (Å²) in [6.45, 7) is 2.06. The first-order chi connectivity index (χ1) is 15.6. The van der Waals surface area contributed by atoms with E-state index in [-0.39, 0.29) is 5.91 Å². The number of amides is 1. The van der Waals surface area contributed by atoms with Gasteiger partial charge in [0.15, 0.2) is 6.23 Å². The molecule has 3 heterocycles. The van der Waals surface area contributed by atoms with Gasteiger partial charge in [0.25, 0.3) is 0 Å². The monoisotopic (exact) mass is 437 g/mol. The van der Waals surface area contributed by atoms with Crippen LogP contribution >= 0.6 is 0 Å². The number of nitrogens with one attached hydrogen (secondary N) is 2. The highest BCUT2D eigenvalue weighted by Gasteiger charge is 2.30. The molecular weight excluding hydrogens is 406 g/mol. The number of likely N-dealkylation sites (tertiary alicyclic amines) is 1. The molecule has 3 aromatic rings. The number of H-pyrrole nitrogens is 1. The molecule has 2 aromatic heterocycles. The normalized spacial score (nSPS) is 19.4. The van der Waals surface area contributed by atoms with Crippen LogP contribution in [0.2, 0.25) is 0 Å². The summed E-state index contributed by atoms with van der Waals surface area (Å²) in [5, 5.41) is 18.6. The van der Waals surface area contributed by atoms with Crippen molar-refractivity contribution in [2.75, 3.05) is 19.6 Å². The van der Waals surface area contributed by atoms with E-state index in [9.17, 15) is 9.90 Å². The second-order valence-electron chi connectivity index (χ2n) is 9.18. The van der Waals surface area contributed by atoms with Crippen LogP contribution in [0.3, 0.4) is 0 Å². The van der Waals surface area contributed by atoms with E-state index in [1.54, 1.807) is 0 Å². The quantitative estimate of drug-likeness (QED) is 0.402. The van der Waals surface area contributed by atoms with Crippen LogP contribution in [0.15, 0.2) is 41.1 Å². The maximum Gasteiger partial charge on any atom is 0.239 e. The number of rotatable bonds is 8. The molecule has 1 saturated heterocycles. The zero-order chi connectivity index (χ0) is 22.1. The van der Waals surface area contributed by atoms with E-state index < -0.39 is 12.3 Å². The molecule has 8 nitrogen and oxygen atoms in total. The highest BCUT2D eigenvalue weighted by molar-refractivity contribution is 5.86. The number of piperidine rings is 1. The summed E-state index contributed by atoms with van der Waals surface area (Å²) in [4.78, 5) is 18.0. The Morgan fingerprint density at radius 3 is 2.84 bits per heavy atom. The molecule has 2 aliphatic rings. The predicted octanol–water partition coefficient (Wildman–Crippen LogP) is 2.42. The van der Waals surface area contributed by atoms with Crippen LogP contribution in [0, 0.1) is 5.92 Å². The SMILES string of the molecule is N[C@H](Cc1c[nH]c2ccccc12)C(=O)N1CCC(CNC(O)c2cc(C3CC3)on2)CC1. The Morgan fingerprint density at radius 2 is 2.06 bits per heavy atom. The minimum absolute atomic E-state index is 0.0110. The highest BCUT2D eigenvalue weighted by atomic mass is 16.5. The van der Waals surface area contributed by atoms with Crippen LogP contribution in [0.1, 0.15) is 54.8 Å². The molecule has 1 aliphatic carbocycles. The Hall–Kier alpha value is -2.68. The fourth-order valence-electron chi connectivity index (χ4n) is 4.59. The van der Waals surface area contributed by atoms with Crippen molar-refractivity contribution in [2.45, 2.75) is 50.3 Å². The molecule has 170 valence electrons. The first kappa shape index (κ1) is 21.2. The van der Waals surface area contributed by atoms with Gasteiger partial charge < -0.3 is 25.2 Å². The van der Waals surface area contributed by atoms with Crippen LogP contribution in [-0.4, -0.2) is 51.7 Å². The number of benzene rings is 1. The smallest absolute Gasteiger partial charge is 0.239 e. The topological polar surface area (TPSA) is 120 Å². The molecule has 0 radical (unpaired) electrons. The van der Waals surface area contributed by atoms with Crippen molar-refractivity contribution < 1.29 is 14.4 Å². The van der Waals surface area contributed by atoms with E-state index >= 15 is 0 Å². The third-order valence-electron chi connectivity index (χ3n) is 6.76. The van der Waals surface area contributed by atoms with Gasteiger partial charge in [-0.3, -0.25) is 10.1 Å². The fraction of sp³-hybridized carbons (Fsp3) is 0.500. The second kappa shape index (κ2) is 9.05. The number of hydrogen-bond donors (Lipinski definition) is 4. The van der Waals surface area contributed by atoms with E-state index in [1.807, 2.05) is 35.4 Å². The molecule has 1 saturated carbocycles. The summed E-state index contributed by atoms with van der Waals surface area (Å²) >= 11 is 0. The zero-order valence-electron chi connectivity index (χ0n) is 18.2. The summed E-state index contributed by atoms with van der Waals surface area (Å²) in [6, 6.07) is 9.37. The summed E-state index contributed by atoms with van der Waals surface area (Å²) in [5.74, 6) is 1.76. The third-order valence-corrected chi connectivity index (χ3v) is 6.76. The van der Waals surface area contributed by atoms with Crippen molar-refractivity contribution in [3.63, 3.8) is 0 Å². The van der Waals surface area contributed by atoms with Crippen molar-refractivity contribution in [3.8, 4) is 0 Å². The molecule has 32 heavy (non-hydrogen) atoms. The molecule has 1 amide bonds. The number of fused-ring (bicyclic) bond motifs is 1. The number of nitrogens with zero attached hydrogens (tertiary/aromatic N) is 2. The Bertz CT molecular complexity index is 1060. The molecule has 2 fully saturated rings. The standard InChI is InChI=1S/C24H31N5O3/c25-19(11-17-14-26-20-4-2-1-3-18(17)20)24(31)29-9-7-15(8-10-29)13-27-23(30)21-12-22(32-28-21)16-5-6-16/h1-4,12,14-16,19,23,26-27,30H,5-11,13,25H2/t19-,23?/m1/s1. The molecule has 5 rings (SSSR count). The minimum Gasteiger partial charge on any atom is -0.373 e. The van der Waals surface area contributed by atoms with Gasteiger partial charge in [-0.2, -0.15) is 0 Å². The lowest BCUT2D eigenvalue weighted by Crippen LogP contribution is -2.48. The highest BCUT2D eigenvalue weighted by Crippen LogP contribution is 2.40. The number of carbonyl (C=O) groups excluding carboxylic acids is 1. The largest absolute Gasteiger partial charge is 0.373 e. The van der Waals surface area contributed by atoms with Crippen LogP contribution < -0.4 is 11.1 Å². The van der Waals surface area contributed by atoms with Crippen LogP contribution in [0.5, 0.6) is 0 Å². The maximum absolute atomic E-state index is 12.9. The van der Waals surface area contributed by atoms with Crippen molar-refractivity contribution in [1.29, 1.82) is 0 Å². The molecule has 1 unspecified atom stereocenters. The number of nitrogens with two attached hydrogens (primary N) is 1. The van der Waals surface area contributed by atoms with Gasteiger partial charge in [0, 0.05) is 48.7 Å². The van der Waals surface area contributed by atoms with Gasteiger partial charge in [-0.05, 0) is 49.7 Å². The summed E-state index contributed by atoms with van der Waals surface area (Å²) in [5.41, 5.74) is 8.97. The molecule has 5 N–H and O–H groups in total. The second-order valence-corrected chi connectivity index (χ2v) is 9.18. The van der Waals surface area contributed by atoms with E-state index in [0.29, 0.717) is 43.6 Å².